The molecule has 0 amide bonds. The molecule has 0 fully saturated rings. The minimum Gasteiger partial charge on any atom is -0.497 e. The van der Waals surface area contributed by atoms with Gasteiger partial charge < -0.3 is 9.30 Å². The van der Waals surface area contributed by atoms with Gasteiger partial charge in [-0.05, 0) is 60.7 Å². The number of hydrogen-bond acceptors (Lipinski definition) is 5. The Morgan fingerprint density at radius 2 is 1.82 bits per heavy atom. The van der Waals surface area contributed by atoms with Crippen LogP contribution in [0.2, 0.25) is 5.02 Å². The van der Waals surface area contributed by atoms with Gasteiger partial charge in [-0.15, -0.1) is 0 Å². The maximum atomic E-state index is 6.19. The SMILES string of the molecule is COc1ccc(-n2c(Cn3c4ccccc4c4nc5cc(Cl)ccc5nc43)n[nH]c2=S)cc1. The molecule has 3 heterocycles. The van der Waals surface area contributed by atoms with Crippen molar-refractivity contribution in [1.82, 2.24) is 29.3 Å². The zero-order valence-corrected chi connectivity index (χ0v) is 19.1. The van der Waals surface area contributed by atoms with Gasteiger partial charge in [0.25, 0.3) is 0 Å². The molecule has 0 radical (unpaired) electrons. The third kappa shape index (κ3) is 3.26. The first-order valence-corrected chi connectivity index (χ1v) is 11.1. The summed E-state index contributed by atoms with van der Waals surface area (Å²) in [6.45, 7) is 0.455. The molecule has 1 N–H and O–H groups in total. The van der Waals surface area contributed by atoms with E-state index in [0.29, 0.717) is 16.3 Å². The summed E-state index contributed by atoms with van der Waals surface area (Å²) in [6.07, 6.45) is 0. The average molecular weight is 473 g/mol. The molecule has 0 aliphatic carbocycles. The molecule has 0 atom stereocenters. The number of para-hydroxylation sites is 1. The Labute approximate surface area is 198 Å². The van der Waals surface area contributed by atoms with Gasteiger partial charge in [0.05, 0.1) is 30.2 Å². The normalized spacial score (nSPS) is 11.6. The molecule has 3 aromatic carbocycles. The summed E-state index contributed by atoms with van der Waals surface area (Å²) >= 11 is 11.7. The molecule has 7 nitrogen and oxygen atoms in total. The molecule has 3 aromatic heterocycles. The van der Waals surface area contributed by atoms with E-state index in [0.717, 1.165) is 50.4 Å². The highest BCUT2D eigenvalue weighted by atomic mass is 35.5. The van der Waals surface area contributed by atoms with Crippen LogP contribution in [-0.2, 0) is 6.54 Å². The molecule has 6 rings (SSSR count). The molecule has 0 saturated carbocycles. The van der Waals surface area contributed by atoms with Crippen molar-refractivity contribution < 1.29 is 4.74 Å². The predicted molar refractivity (Wildman–Crippen MR) is 132 cm³/mol. The Balaban J connectivity index is 1.56. The molecule has 9 heteroatoms. The molecule has 0 bridgehead atoms. The van der Waals surface area contributed by atoms with Crippen molar-refractivity contribution >= 4 is 56.9 Å². The molecule has 33 heavy (non-hydrogen) atoms. The molecule has 0 aliphatic heterocycles. The minimum absolute atomic E-state index is 0.455. The lowest BCUT2D eigenvalue weighted by atomic mass is 10.2. The standard InChI is InChI=1S/C24H17ClN6OS/c1-32-16-9-7-15(8-10-16)31-21(28-29-24(31)33)13-30-20-5-3-2-4-17(20)22-23(30)27-18-11-6-14(25)12-19(18)26-22/h2-12H,13H2,1H3,(H,29,33). The van der Waals surface area contributed by atoms with E-state index in [-0.39, 0.29) is 0 Å². The molecule has 0 spiro atoms. The maximum Gasteiger partial charge on any atom is 0.199 e. The van der Waals surface area contributed by atoms with Gasteiger partial charge in [0.1, 0.15) is 11.3 Å². The van der Waals surface area contributed by atoms with Crippen LogP contribution in [0.1, 0.15) is 5.82 Å². The number of aromatic nitrogens is 6. The van der Waals surface area contributed by atoms with Gasteiger partial charge in [-0.1, -0.05) is 29.8 Å². The van der Waals surface area contributed by atoms with Crippen molar-refractivity contribution in [2.75, 3.05) is 7.11 Å². The number of benzene rings is 3. The van der Waals surface area contributed by atoms with Crippen molar-refractivity contribution in [3.8, 4) is 11.4 Å². The first kappa shape index (κ1) is 19.9. The molecule has 0 saturated heterocycles. The van der Waals surface area contributed by atoms with E-state index in [1.54, 1.807) is 7.11 Å². The highest BCUT2D eigenvalue weighted by molar-refractivity contribution is 7.71. The van der Waals surface area contributed by atoms with E-state index in [1.807, 2.05) is 59.2 Å². The quantitative estimate of drug-likeness (QED) is 0.333. The van der Waals surface area contributed by atoms with Crippen molar-refractivity contribution in [2.45, 2.75) is 6.54 Å². The fourth-order valence-corrected chi connectivity index (χ4v) is 4.57. The summed E-state index contributed by atoms with van der Waals surface area (Å²) in [5, 5.41) is 9.11. The van der Waals surface area contributed by atoms with E-state index < -0.39 is 0 Å². The number of rotatable bonds is 4. The highest BCUT2D eigenvalue weighted by Crippen LogP contribution is 2.30. The molecule has 0 aliphatic rings. The van der Waals surface area contributed by atoms with Gasteiger partial charge in [0.2, 0.25) is 0 Å². The van der Waals surface area contributed by atoms with Crippen LogP contribution in [0, 0.1) is 4.77 Å². The topological polar surface area (TPSA) is 73.6 Å². The fourth-order valence-electron chi connectivity index (χ4n) is 4.15. The number of fused-ring (bicyclic) bond motifs is 4. The van der Waals surface area contributed by atoms with Crippen LogP contribution >= 0.6 is 23.8 Å². The van der Waals surface area contributed by atoms with Crippen LogP contribution in [0.4, 0.5) is 0 Å². The third-order valence-corrected chi connectivity index (χ3v) is 6.19. The molecule has 162 valence electrons. The monoisotopic (exact) mass is 472 g/mol. The number of hydrogen-bond donors (Lipinski definition) is 1. The van der Waals surface area contributed by atoms with Crippen molar-refractivity contribution in [3.05, 3.63) is 82.3 Å². The van der Waals surface area contributed by atoms with Crippen LogP contribution in [0.15, 0.2) is 66.7 Å². The number of halogens is 1. The number of methoxy groups -OCH3 is 1. The van der Waals surface area contributed by atoms with E-state index in [2.05, 4.69) is 26.9 Å². The van der Waals surface area contributed by atoms with Gasteiger partial charge in [-0.25, -0.2) is 9.97 Å². The smallest absolute Gasteiger partial charge is 0.199 e. The fraction of sp³-hybridized carbons (Fsp3) is 0.0833. The second-order valence-corrected chi connectivity index (χ2v) is 8.43. The minimum atomic E-state index is 0.455. The predicted octanol–water partition coefficient (Wildman–Crippen LogP) is 5.69. The van der Waals surface area contributed by atoms with Crippen LogP contribution < -0.4 is 4.74 Å². The van der Waals surface area contributed by atoms with Gasteiger partial charge in [-0.3, -0.25) is 9.67 Å². The van der Waals surface area contributed by atoms with E-state index >= 15 is 0 Å². The van der Waals surface area contributed by atoms with E-state index in [4.69, 9.17) is 38.5 Å². The van der Waals surface area contributed by atoms with Gasteiger partial charge in [-0.2, -0.15) is 5.10 Å². The lowest BCUT2D eigenvalue weighted by molar-refractivity contribution is 0.414. The van der Waals surface area contributed by atoms with Gasteiger partial charge in [0, 0.05) is 16.1 Å². The number of ether oxygens (including phenoxy) is 1. The van der Waals surface area contributed by atoms with Crippen molar-refractivity contribution in [3.63, 3.8) is 0 Å². The number of aromatic amines is 1. The Morgan fingerprint density at radius 3 is 2.64 bits per heavy atom. The third-order valence-electron chi connectivity index (χ3n) is 5.69. The summed E-state index contributed by atoms with van der Waals surface area (Å²) < 4.78 is 9.84. The molecule has 0 unspecified atom stereocenters. The average Bonchev–Trinajstić information content (AvgIpc) is 3.35. The van der Waals surface area contributed by atoms with Crippen LogP contribution in [0.25, 0.3) is 38.8 Å². The molecular formula is C24H17ClN6OS. The lowest BCUT2D eigenvalue weighted by Crippen LogP contribution is -2.08. The Morgan fingerprint density at radius 1 is 1.00 bits per heavy atom. The van der Waals surface area contributed by atoms with Gasteiger partial charge in [0.15, 0.2) is 16.2 Å². The molecular weight excluding hydrogens is 456 g/mol. The van der Waals surface area contributed by atoms with Gasteiger partial charge >= 0.3 is 0 Å². The zero-order chi connectivity index (χ0) is 22.5. The number of nitrogens with one attached hydrogen (secondary N) is 1. The van der Waals surface area contributed by atoms with Crippen LogP contribution in [0.3, 0.4) is 0 Å². The summed E-state index contributed by atoms with van der Waals surface area (Å²) in [6, 6.07) is 21.4. The second-order valence-electron chi connectivity index (χ2n) is 7.61. The second kappa shape index (κ2) is 7.68. The lowest BCUT2D eigenvalue weighted by Gasteiger charge is -2.10. The summed E-state index contributed by atoms with van der Waals surface area (Å²) in [5.41, 5.74) is 5.07. The highest BCUT2D eigenvalue weighted by Gasteiger charge is 2.17. The van der Waals surface area contributed by atoms with Crippen molar-refractivity contribution in [1.29, 1.82) is 0 Å². The maximum absolute atomic E-state index is 6.19. The zero-order valence-electron chi connectivity index (χ0n) is 17.5. The van der Waals surface area contributed by atoms with Crippen LogP contribution in [0.5, 0.6) is 5.75 Å². The largest absolute Gasteiger partial charge is 0.497 e. The Bertz CT molecular complexity index is 1720. The number of H-pyrrole nitrogens is 1. The van der Waals surface area contributed by atoms with Crippen LogP contribution in [-0.4, -0.2) is 36.4 Å². The molecule has 6 aromatic rings. The Kier molecular flexibility index (Phi) is 4.63. The van der Waals surface area contributed by atoms with Crippen molar-refractivity contribution in [2.24, 2.45) is 0 Å². The van der Waals surface area contributed by atoms with E-state index in [1.165, 1.54) is 0 Å². The first-order chi connectivity index (χ1) is 16.1. The first-order valence-electron chi connectivity index (χ1n) is 10.3. The summed E-state index contributed by atoms with van der Waals surface area (Å²) in [5.74, 6) is 1.53. The van der Waals surface area contributed by atoms with E-state index in [9.17, 15) is 0 Å². The summed E-state index contributed by atoms with van der Waals surface area (Å²) in [7, 11) is 1.64. The number of nitrogens with zero attached hydrogens (tertiary/aromatic N) is 5. The Hall–Kier alpha value is -3.75. The summed E-state index contributed by atoms with van der Waals surface area (Å²) in [4.78, 5) is 9.83.